The summed E-state index contributed by atoms with van der Waals surface area (Å²) in [6, 6.07) is 10.6. The van der Waals surface area contributed by atoms with Crippen LogP contribution < -0.4 is 4.80 Å². The Morgan fingerprint density at radius 1 is 1.17 bits per heavy atom. The number of hydrogen-bond donors (Lipinski definition) is 0. The Bertz CT molecular complexity index is 1220. The molecule has 29 heavy (non-hydrogen) atoms. The van der Waals surface area contributed by atoms with E-state index in [9.17, 15) is 13.2 Å². The summed E-state index contributed by atoms with van der Waals surface area (Å²) in [6.45, 7) is 5.23. The van der Waals surface area contributed by atoms with Crippen molar-refractivity contribution < 1.29 is 17.9 Å². The van der Waals surface area contributed by atoms with Crippen LogP contribution in [0.1, 0.15) is 16.7 Å². The lowest BCUT2D eigenvalue weighted by Gasteiger charge is -2.06. The maximum Gasteiger partial charge on any atom is 0.252 e. The van der Waals surface area contributed by atoms with Crippen molar-refractivity contribution in [3.63, 3.8) is 0 Å². The zero-order valence-corrected chi connectivity index (χ0v) is 18.6. The van der Waals surface area contributed by atoms with Crippen LogP contribution in [0, 0.1) is 13.8 Å². The molecule has 0 saturated carbocycles. The summed E-state index contributed by atoms with van der Waals surface area (Å²) in [4.78, 5) is 17.8. The first-order valence-corrected chi connectivity index (χ1v) is 11.9. The van der Waals surface area contributed by atoms with Crippen LogP contribution in [0.15, 0.2) is 46.3 Å². The van der Waals surface area contributed by atoms with E-state index < -0.39 is 9.84 Å². The molecule has 1 amide bonds. The van der Waals surface area contributed by atoms with E-state index in [1.54, 1.807) is 19.2 Å². The van der Waals surface area contributed by atoms with Gasteiger partial charge in [0.05, 0.1) is 28.1 Å². The van der Waals surface area contributed by atoms with Crippen LogP contribution in [-0.4, -0.2) is 38.9 Å². The predicted molar refractivity (Wildman–Crippen MR) is 115 cm³/mol. The number of ether oxygens (including phenoxy) is 1. The highest BCUT2D eigenvalue weighted by molar-refractivity contribution is 7.90. The molecule has 1 aromatic heterocycles. The fraction of sp³-hybridized carbons (Fsp3) is 0.333. The van der Waals surface area contributed by atoms with Crippen LogP contribution in [0.25, 0.3) is 10.2 Å². The summed E-state index contributed by atoms with van der Waals surface area (Å²) in [7, 11) is -1.61. The Hall–Kier alpha value is -2.29. The van der Waals surface area contributed by atoms with E-state index in [4.69, 9.17) is 4.74 Å². The summed E-state index contributed by atoms with van der Waals surface area (Å²) in [6.07, 6.45) is 1.27. The summed E-state index contributed by atoms with van der Waals surface area (Å²) in [5, 5.41) is 0. The highest BCUT2D eigenvalue weighted by Crippen LogP contribution is 2.23. The Morgan fingerprint density at radius 3 is 2.48 bits per heavy atom. The molecular formula is C21H24N2O4S2. The van der Waals surface area contributed by atoms with Crippen LogP contribution >= 0.6 is 11.3 Å². The Kier molecular flexibility index (Phi) is 6.36. The molecule has 0 atom stereocenters. The van der Waals surface area contributed by atoms with Gasteiger partial charge in [-0.25, -0.2) is 8.42 Å². The number of fused-ring (bicyclic) bond motifs is 1. The molecule has 0 saturated heterocycles. The highest BCUT2D eigenvalue weighted by Gasteiger charge is 2.12. The zero-order valence-electron chi connectivity index (χ0n) is 16.9. The molecule has 0 N–H and O–H groups in total. The first-order chi connectivity index (χ1) is 13.7. The number of thiazole rings is 1. The topological polar surface area (TPSA) is 77.7 Å². The lowest BCUT2D eigenvalue weighted by Crippen LogP contribution is -2.19. The predicted octanol–water partition coefficient (Wildman–Crippen LogP) is 3.04. The molecule has 0 bridgehead atoms. The molecule has 0 aliphatic heterocycles. The fourth-order valence-corrected chi connectivity index (χ4v) is 4.93. The maximum atomic E-state index is 12.6. The minimum absolute atomic E-state index is 0.112. The number of carbonyl (C=O) groups is 1. The highest BCUT2D eigenvalue weighted by atomic mass is 32.2. The van der Waals surface area contributed by atoms with Crippen molar-refractivity contribution in [1.82, 2.24) is 4.57 Å². The van der Waals surface area contributed by atoms with Crippen LogP contribution in [0.4, 0.5) is 0 Å². The van der Waals surface area contributed by atoms with Gasteiger partial charge in [-0.2, -0.15) is 4.99 Å². The van der Waals surface area contributed by atoms with Crippen LogP contribution in [0.2, 0.25) is 0 Å². The molecule has 0 radical (unpaired) electrons. The van der Waals surface area contributed by atoms with Gasteiger partial charge in [0.1, 0.15) is 0 Å². The molecular weight excluding hydrogens is 408 g/mol. The smallest absolute Gasteiger partial charge is 0.252 e. The molecule has 2 aromatic carbocycles. The Labute approximate surface area is 174 Å². The third-order valence-electron chi connectivity index (χ3n) is 4.56. The number of amides is 1. The molecule has 3 rings (SSSR count). The number of rotatable bonds is 6. The maximum absolute atomic E-state index is 12.6. The van der Waals surface area contributed by atoms with Crippen molar-refractivity contribution in [3.05, 3.63) is 57.9 Å². The standard InChI is InChI=1S/C21H24N2O4S2/c1-14-11-15(2)20-18(12-14)23(9-10-27-3)21(28-20)22-19(24)13-16-5-7-17(8-6-16)29(4,25)26/h5-8,11-12H,9-10,13H2,1-4H3. The number of nitrogens with zero attached hydrogens (tertiary/aromatic N) is 2. The first-order valence-electron chi connectivity index (χ1n) is 9.15. The van der Waals surface area contributed by atoms with Crippen molar-refractivity contribution in [3.8, 4) is 0 Å². The van der Waals surface area contributed by atoms with Crippen molar-refractivity contribution in [2.45, 2.75) is 31.7 Å². The lowest BCUT2D eigenvalue weighted by atomic mass is 10.1. The minimum atomic E-state index is -3.26. The number of aryl methyl sites for hydroxylation is 2. The SMILES string of the molecule is COCCn1c(=NC(=O)Cc2ccc(S(C)(=O)=O)cc2)sc2c(C)cc(C)cc21. The van der Waals surface area contributed by atoms with Crippen LogP contribution in [-0.2, 0) is 32.3 Å². The second-order valence-electron chi connectivity index (χ2n) is 7.06. The molecule has 0 fully saturated rings. The summed E-state index contributed by atoms with van der Waals surface area (Å²) in [5.41, 5.74) is 4.08. The zero-order chi connectivity index (χ0) is 21.2. The number of carbonyl (C=O) groups excluding carboxylic acids is 1. The van der Waals surface area contributed by atoms with Gasteiger partial charge in [0, 0.05) is 19.9 Å². The van der Waals surface area contributed by atoms with Crippen molar-refractivity contribution >= 4 is 37.3 Å². The van der Waals surface area contributed by atoms with E-state index in [1.807, 2.05) is 11.5 Å². The van der Waals surface area contributed by atoms with Crippen molar-refractivity contribution in [2.75, 3.05) is 20.0 Å². The fourth-order valence-electron chi connectivity index (χ4n) is 3.17. The molecule has 1 heterocycles. The monoisotopic (exact) mass is 432 g/mol. The first kappa shape index (κ1) is 21.4. The number of aromatic nitrogens is 1. The van der Waals surface area contributed by atoms with Gasteiger partial charge >= 0.3 is 0 Å². The number of benzene rings is 2. The van der Waals surface area contributed by atoms with Crippen molar-refractivity contribution in [1.29, 1.82) is 0 Å². The van der Waals surface area contributed by atoms with Crippen molar-refractivity contribution in [2.24, 2.45) is 4.99 Å². The van der Waals surface area contributed by atoms with E-state index in [2.05, 4.69) is 24.0 Å². The lowest BCUT2D eigenvalue weighted by molar-refractivity contribution is -0.117. The second-order valence-corrected chi connectivity index (χ2v) is 10.1. The van der Waals surface area contributed by atoms with Gasteiger partial charge in [0.15, 0.2) is 14.6 Å². The normalized spacial score (nSPS) is 12.6. The van der Waals surface area contributed by atoms with E-state index >= 15 is 0 Å². The number of sulfone groups is 1. The van der Waals surface area contributed by atoms with E-state index in [0.717, 1.165) is 33.2 Å². The number of methoxy groups -OCH3 is 1. The minimum Gasteiger partial charge on any atom is -0.383 e. The summed E-state index contributed by atoms with van der Waals surface area (Å²) < 4.78 is 31.5. The Morgan fingerprint density at radius 2 is 1.86 bits per heavy atom. The van der Waals surface area contributed by atoms with Crippen LogP contribution in [0.5, 0.6) is 0 Å². The second kappa shape index (κ2) is 8.61. The van der Waals surface area contributed by atoms with Gasteiger partial charge in [0.25, 0.3) is 5.91 Å². The summed E-state index contributed by atoms with van der Waals surface area (Å²) in [5.74, 6) is -0.274. The largest absolute Gasteiger partial charge is 0.383 e. The van der Waals surface area contributed by atoms with E-state index in [-0.39, 0.29) is 17.2 Å². The van der Waals surface area contributed by atoms with Gasteiger partial charge in [-0.3, -0.25) is 4.79 Å². The van der Waals surface area contributed by atoms with Gasteiger partial charge in [-0.05, 0) is 48.7 Å². The van der Waals surface area contributed by atoms with E-state index in [1.165, 1.54) is 23.5 Å². The molecule has 0 unspecified atom stereocenters. The molecule has 0 aliphatic rings. The molecule has 0 spiro atoms. The van der Waals surface area contributed by atoms with Gasteiger partial charge in [-0.15, -0.1) is 0 Å². The molecule has 8 heteroatoms. The molecule has 6 nitrogen and oxygen atoms in total. The number of hydrogen-bond acceptors (Lipinski definition) is 5. The Balaban J connectivity index is 1.96. The average Bonchev–Trinajstić information content (AvgIpc) is 2.97. The van der Waals surface area contributed by atoms with E-state index in [0.29, 0.717) is 18.0 Å². The van der Waals surface area contributed by atoms with Gasteiger partial charge < -0.3 is 9.30 Å². The van der Waals surface area contributed by atoms with Crippen LogP contribution in [0.3, 0.4) is 0 Å². The molecule has 154 valence electrons. The quantitative estimate of drug-likeness (QED) is 0.600. The molecule has 0 aliphatic carbocycles. The van der Waals surface area contributed by atoms with Gasteiger partial charge in [0.2, 0.25) is 0 Å². The molecule has 3 aromatic rings. The average molecular weight is 433 g/mol. The third-order valence-corrected chi connectivity index (χ3v) is 6.92. The summed E-state index contributed by atoms with van der Waals surface area (Å²) >= 11 is 1.49. The third kappa shape index (κ3) is 5.01. The van der Waals surface area contributed by atoms with Gasteiger partial charge in [-0.1, -0.05) is 29.5 Å².